The zero-order chi connectivity index (χ0) is 31.5. The van der Waals surface area contributed by atoms with Crippen molar-refractivity contribution in [3.63, 3.8) is 0 Å². The SMILES string of the molecule is Cc1nc(OCCC(C)(O)CO)ccc1-c1cc(COc2cc3c(cn2)[C@]2(C)[C@@H](C(=O)O)[C@]2(C)C3)c(F)cc1C(F)(F)F. The summed E-state index contributed by atoms with van der Waals surface area (Å²) in [7, 11) is 0. The third kappa shape index (κ3) is 5.31. The minimum atomic E-state index is -4.85. The summed E-state index contributed by atoms with van der Waals surface area (Å²) in [6.45, 7) is 5.91. The standard InChI is InChI=1S/C31H32F4N2O6/c1-16-19(5-6-24(37-16)42-8-7-28(2,41)15-38)20-9-18(23(32)11-21(20)31(33,34)35)14-43-25-10-17-12-29(3)26(27(39)40)30(29,4)22(17)13-36-25/h5-6,9-11,13,26,38,41H,7-8,12,14-15H2,1-4H3,(H,39,40)/t26-,28?,29-,30+/m0/s1. The van der Waals surface area contributed by atoms with E-state index >= 15 is 0 Å². The van der Waals surface area contributed by atoms with Gasteiger partial charge in [0.25, 0.3) is 0 Å². The molecule has 0 saturated heterocycles. The van der Waals surface area contributed by atoms with Gasteiger partial charge in [-0.15, -0.1) is 0 Å². The second-order valence-electron chi connectivity index (χ2n) is 12.1. The van der Waals surface area contributed by atoms with Gasteiger partial charge in [0.05, 0.1) is 30.3 Å². The molecule has 1 unspecified atom stereocenters. The smallest absolute Gasteiger partial charge is 0.417 e. The lowest BCUT2D eigenvalue weighted by Gasteiger charge is -2.20. The summed E-state index contributed by atoms with van der Waals surface area (Å²) in [6, 6.07) is 5.97. The van der Waals surface area contributed by atoms with Crippen LogP contribution in [0.1, 0.15) is 55.1 Å². The molecule has 4 atom stereocenters. The minimum absolute atomic E-state index is 0.0144. The van der Waals surface area contributed by atoms with Crippen molar-refractivity contribution in [1.29, 1.82) is 0 Å². The third-order valence-corrected chi connectivity index (χ3v) is 9.10. The number of rotatable bonds is 10. The van der Waals surface area contributed by atoms with Gasteiger partial charge in [0, 0.05) is 47.0 Å². The van der Waals surface area contributed by atoms with Gasteiger partial charge in [-0.2, -0.15) is 13.2 Å². The van der Waals surface area contributed by atoms with Crippen LogP contribution in [0.5, 0.6) is 11.8 Å². The lowest BCUT2D eigenvalue weighted by molar-refractivity contribution is -0.140. The molecule has 1 fully saturated rings. The molecule has 8 nitrogen and oxygen atoms in total. The summed E-state index contributed by atoms with van der Waals surface area (Å²) >= 11 is 0. The monoisotopic (exact) mass is 604 g/mol. The molecule has 1 aromatic carbocycles. The summed E-state index contributed by atoms with van der Waals surface area (Å²) in [5.74, 6) is -2.19. The number of aromatic nitrogens is 2. The fraction of sp³-hybridized carbons (Fsp3) is 0.452. The number of aryl methyl sites for hydroxylation is 1. The Morgan fingerprint density at radius 3 is 2.47 bits per heavy atom. The Morgan fingerprint density at radius 1 is 1.12 bits per heavy atom. The van der Waals surface area contributed by atoms with Gasteiger partial charge in [0.2, 0.25) is 11.8 Å². The van der Waals surface area contributed by atoms with Gasteiger partial charge < -0.3 is 24.8 Å². The first-order valence-electron chi connectivity index (χ1n) is 13.7. The van der Waals surface area contributed by atoms with E-state index in [1.165, 1.54) is 26.0 Å². The second kappa shape index (κ2) is 10.4. The van der Waals surface area contributed by atoms with Crippen LogP contribution in [0.25, 0.3) is 11.1 Å². The largest absolute Gasteiger partial charge is 0.481 e. The van der Waals surface area contributed by atoms with Crippen LogP contribution < -0.4 is 9.47 Å². The molecule has 3 aromatic rings. The van der Waals surface area contributed by atoms with Crippen LogP contribution in [-0.2, 0) is 29.4 Å². The molecule has 43 heavy (non-hydrogen) atoms. The average Bonchev–Trinajstić information content (AvgIpc) is 3.32. The van der Waals surface area contributed by atoms with Crippen LogP contribution in [0.3, 0.4) is 0 Å². The molecule has 2 aliphatic rings. The predicted molar refractivity (Wildman–Crippen MR) is 146 cm³/mol. The van der Waals surface area contributed by atoms with Crippen LogP contribution in [0, 0.1) is 24.1 Å². The molecule has 0 amide bonds. The maximum absolute atomic E-state index is 15.0. The summed E-state index contributed by atoms with van der Waals surface area (Å²) in [6.07, 6.45) is -2.67. The van der Waals surface area contributed by atoms with E-state index in [9.17, 15) is 32.6 Å². The Kier molecular flexibility index (Phi) is 7.45. The zero-order valence-electron chi connectivity index (χ0n) is 24.0. The average molecular weight is 605 g/mol. The van der Waals surface area contributed by atoms with Gasteiger partial charge in [0.1, 0.15) is 12.4 Å². The van der Waals surface area contributed by atoms with Gasteiger partial charge in [-0.3, -0.25) is 4.79 Å². The number of aliphatic carboxylic acids is 1. The first kappa shape index (κ1) is 30.7. The Morgan fingerprint density at radius 2 is 1.84 bits per heavy atom. The van der Waals surface area contributed by atoms with Crippen LogP contribution in [0.15, 0.2) is 36.5 Å². The van der Waals surface area contributed by atoms with E-state index in [0.717, 1.165) is 17.2 Å². The quantitative estimate of drug-likeness (QED) is 0.269. The van der Waals surface area contributed by atoms with Crippen molar-refractivity contribution in [2.24, 2.45) is 11.3 Å². The molecular formula is C31H32F4N2O6. The number of benzene rings is 1. The molecule has 0 aliphatic heterocycles. The van der Waals surface area contributed by atoms with Crippen molar-refractivity contribution in [3.8, 4) is 22.9 Å². The molecular weight excluding hydrogens is 572 g/mol. The topological polar surface area (TPSA) is 122 Å². The zero-order valence-corrected chi connectivity index (χ0v) is 24.0. The van der Waals surface area contributed by atoms with Gasteiger partial charge in [-0.1, -0.05) is 13.8 Å². The van der Waals surface area contributed by atoms with Crippen LogP contribution >= 0.6 is 0 Å². The molecule has 0 radical (unpaired) electrons. The fourth-order valence-electron chi connectivity index (χ4n) is 6.40. The molecule has 0 bridgehead atoms. The number of hydrogen-bond donors (Lipinski definition) is 3. The number of aliphatic hydroxyl groups is 2. The molecule has 0 spiro atoms. The van der Waals surface area contributed by atoms with Crippen LogP contribution in [0.4, 0.5) is 17.6 Å². The van der Waals surface area contributed by atoms with E-state index < -0.39 is 59.1 Å². The van der Waals surface area contributed by atoms with Gasteiger partial charge >= 0.3 is 12.1 Å². The number of ether oxygens (including phenoxy) is 2. The first-order valence-corrected chi connectivity index (χ1v) is 13.7. The number of fused-ring (bicyclic) bond motifs is 3. The Labute approximate surface area is 245 Å². The van der Waals surface area contributed by atoms with Crippen LogP contribution in [0.2, 0.25) is 0 Å². The molecule has 2 aromatic heterocycles. The normalized spacial score (nSPS) is 23.7. The fourth-order valence-corrected chi connectivity index (χ4v) is 6.40. The summed E-state index contributed by atoms with van der Waals surface area (Å²) < 4.78 is 68.1. The van der Waals surface area contributed by atoms with Crippen molar-refractivity contribution < 1.29 is 47.1 Å². The molecule has 230 valence electrons. The number of nitrogens with zero attached hydrogens (tertiary/aromatic N) is 2. The number of carbonyl (C=O) groups is 1. The third-order valence-electron chi connectivity index (χ3n) is 9.10. The molecule has 3 N–H and O–H groups in total. The lowest BCUT2D eigenvalue weighted by Crippen LogP contribution is -2.31. The Bertz CT molecular complexity index is 1590. The van der Waals surface area contributed by atoms with Crippen molar-refractivity contribution in [3.05, 3.63) is 70.3 Å². The molecule has 5 rings (SSSR count). The van der Waals surface area contributed by atoms with Gasteiger partial charge in [0.15, 0.2) is 0 Å². The van der Waals surface area contributed by atoms with E-state index in [1.807, 2.05) is 13.8 Å². The van der Waals surface area contributed by atoms with Crippen molar-refractivity contribution in [2.75, 3.05) is 13.2 Å². The highest BCUT2D eigenvalue weighted by molar-refractivity contribution is 5.81. The number of carboxylic acids is 1. The highest BCUT2D eigenvalue weighted by Crippen LogP contribution is 2.75. The highest BCUT2D eigenvalue weighted by atomic mass is 19.4. The number of halogens is 4. The molecule has 2 aliphatic carbocycles. The first-order chi connectivity index (χ1) is 20.0. The van der Waals surface area contributed by atoms with Crippen LogP contribution in [-0.4, -0.2) is 50.1 Å². The maximum Gasteiger partial charge on any atom is 0.417 e. The molecule has 2 heterocycles. The van der Waals surface area contributed by atoms with Crippen molar-refractivity contribution in [2.45, 2.75) is 64.3 Å². The van der Waals surface area contributed by atoms with Crippen molar-refractivity contribution >= 4 is 5.97 Å². The Balaban J connectivity index is 1.38. The van der Waals surface area contributed by atoms with E-state index in [-0.39, 0.29) is 47.2 Å². The number of aliphatic hydroxyl groups excluding tert-OH is 1. The van der Waals surface area contributed by atoms with Crippen molar-refractivity contribution in [1.82, 2.24) is 9.97 Å². The van der Waals surface area contributed by atoms with E-state index in [0.29, 0.717) is 12.5 Å². The lowest BCUT2D eigenvalue weighted by atomic mass is 9.95. The van der Waals surface area contributed by atoms with Gasteiger partial charge in [-0.25, -0.2) is 14.4 Å². The molecule has 1 saturated carbocycles. The Hall–Kier alpha value is -3.77. The summed E-state index contributed by atoms with van der Waals surface area (Å²) in [5.41, 5.74) is -1.88. The summed E-state index contributed by atoms with van der Waals surface area (Å²) in [4.78, 5) is 20.2. The number of hydrogen-bond acceptors (Lipinski definition) is 7. The van der Waals surface area contributed by atoms with Gasteiger partial charge in [-0.05, 0) is 60.6 Å². The van der Waals surface area contributed by atoms with E-state index in [4.69, 9.17) is 14.6 Å². The molecule has 12 heteroatoms. The predicted octanol–water partition coefficient (Wildman–Crippen LogP) is 5.24. The van der Waals surface area contributed by atoms with E-state index in [2.05, 4.69) is 9.97 Å². The number of pyridine rings is 2. The van der Waals surface area contributed by atoms with E-state index in [1.54, 1.807) is 12.3 Å². The second-order valence-corrected chi connectivity index (χ2v) is 12.1. The minimum Gasteiger partial charge on any atom is -0.481 e. The number of carboxylic acid groups (broad SMARTS) is 1. The maximum atomic E-state index is 15.0. The number of alkyl halides is 3. The summed E-state index contributed by atoms with van der Waals surface area (Å²) in [5, 5.41) is 28.7. The highest BCUT2D eigenvalue weighted by Gasteiger charge is 2.78.